The smallest absolute Gasteiger partial charge is 0.326 e. The molecule has 21 heavy (non-hydrogen) atoms. The SMILES string of the molecule is CC1(C)CC(OC(=O)Cn2cc(N)ccc2=O)C(C)(C)O1. The molecule has 1 fully saturated rings. The number of rotatable bonds is 3. The Morgan fingerprint density at radius 2 is 2.10 bits per heavy atom. The molecule has 0 amide bonds. The van der Waals surface area contributed by atoms with Gasteiger partial charge in [-0.3, -0.25) is 9.59 Å². The van der Waals surface area contributed by atoms with Gasteiger partial charge in [0.2, 0.25) is 0 Å². The van der Waals surface area contributed by atoms with E-state index in [2.05, 4.69) is 0 Å². The molecule has 6 nitrogen and oxygen atoms in total. The molecular weight excluding hydrogens is 272 g/mol. The van der Waals surface area contributed by atoms with Crippen LogP contribution in [0.15, 0.2) is 23.1 Å². The molecule has 0 saturated carbocycles. The number of nitrogens with two attached hydrogens (primary N) is 1. The van der Waals surface area contributed by atoms with E-state index in [0.717, 1.165) is 0 Å². The van der Waals surface area contributed by atoms with E-state index in [1.807, 2.05) is 27.7 Å². The van der Waals surface area contributed by atoms with Crippen LogP contribution in [0, 0.1) is 0 Å². The van der Waals surface area contributed by atoms with Crippen molar-refractivity contribution < 1.29 is 14.3 Å². The van der Waals surface area contributed by atoms with Gasteiger partial charge in [0, 0.05) is 24.4 Å². The number of aromatic nitrogens is 1. The van der Waals surface area contributed by atoms with Gasteiger partial charge >= 0.3 is 5.97 Å². The fourth-order valence-corrected chi connectivity index (χ4v) is 2.70. The summed E-state index contributed by atoms with van der Waals surface area (Å²) >= 11 is 0. The summed E-state index contributed by atoms with van der Waals surface area (Å²) in [5.74, 6) is -0.470. The second-order valence-electron chi connectivity index (χ2n) is 6.58. The second-order valence-corrected chi connectivity index (χ2v) is 6.58. The van der Waals surface area contributed by atoms with E-state index in [0.29, 0.717) is 12.1 Å². The molecule has 1 aromatic heterocycles. The highest BCUT2D eigenvalue weighted by atomic mass is 16.6. The number of carbonyl (C=O) groups is 1. The number of pyridine rings is 1. The topological polar surface area (TPSA) is 83.5 Å². The largest absolute Gasteiger partial charge is 0.458 e. The number of nitrogen functional groups attached to an aromatic ring is 1. The summed E-state index contributed by atoms with van der Waals surface area (Å²) in [6.45, 7) is 7.56. The number of nitrogens with zero attached hydrogens (tertiary/aromatic N) is 1. The molecule has 116 valence electrons. The predicted molar refractivity (Wildman–Crippen MR) is 78.9 cm³/mol. The van der Waals surface area contributed by atoms with Crippen LogP contribution in [-0.4, -0.2) is 27.8 Å². The van der Waals surface area contributed by atoms with Crippen molar-refractivity contribution in [3.63, 3.8) is 0 Å². The van der Waals surface area contributed by atoms with Crippen molar-refractivity contribution in [2.75, 3.05) is 5.73 Å². The number of hydrogen-bond acceptors (Lipinski definition) is 5. The van der Waals surface area contributed by atoms with Gasteiger partial charge in [0.1, 0.15) is 18.2 Å². The van der Waals surface area contributed by atoms with Crippen LogP contribution in [-0.2, 0) is 20.8 Å². The Balaban J connectivity index is 2.06. The van der Waals surface area contributed by atoms with Gasteiger partial charge < -0.3 is 19.8 Å². The van der Waals surface area contributed by atoms with Gasteiger partial charge in [-0.1, -0.05) is 0 Å². The number of carbonyl (C=O) groups excluding carboxylic acids is 1. The lowest BCUT2D eigenvalue weighted by Crippen LogP contribution is -2.37. The number of ether oxygens (including phenoxy) is 2. The molecule has 2 heterocycles. The van der Waals surface area contributed by atoms with Crippen LogP contribution in [0.25, 0.3) is 0 Å². The molecule has 2 rings (SSSR count). The van der Waals surface area contributed by atoms with Gasteiger partial charge in [-0.15, -0.1) is 0 Å². The first-order valence-corrected chi connectivity index (χ1v) is 6.95. The highest BCUT2D eigenvalue weighted by molar-refractivity contribution is 5.69. The normalized spacial score (nSPS) is 23.0. The lowest BCUT2D eigenvalue weighted by Gasteiger charge is -2.26. The maximum absolute atomic E-state index is 12.1. The third-order valence-corrected chi connectivity index (χ3v) is 3.57. The lowest BCUT2D eigenvalue weighted by atomic mass is 9.97. The Hall–Kier alpha value is -1.82. The highest BCUT2D eigenvalue weighted by Gasteiger charge is 2.48. The van der Waals surface area contributed by atoms with Crippen molar-refractivity contribution in [2.45, 2.75) is 58.0 Å². The summed E-state index contributed by atoms with van der Waals surface area (Å²) in [7, 11) is 0. The summed E-state index contributed by atoms with van der Waals surface area (Å²) in [5, 5.41) is 0. The van der Waals surface area contributed by atoms with Crippen LogP contribution >= 0.6 is 0 Å². The fraction of sp³-hybridized carbons (Fsp3) is 0.600. The molecule has 0 bridgehead atoms. The molecule has 1 aromatic rings. The standard InChI is InChI=1S/C15H22N2O4/c1-14(2)7-11(15(3,4)21-14)20-13(19)9-17-8-10(16)5-6-12(17)18/h5-6,8,11H,7,9,16H2,1-4H3. The van der Waals surface area contributed by atoms with E-state index in [4.69, 9.17) is 15.2 Å². The zero-order valence-electron chi connectivity index (χ0n) is 12.9. The quantitative estimate of drug-likeness (QED) is 0.850. The number of hydrogen-bond donors (Lipinski definition) is 1. The molecule has 1 unspecified atom stereocenters. The van der Waals surface area contributed by atoms with Gasteiger partial charge in [-0.05, 0) is 33.8 Å². The first-order valence-electron chi connectivity index (χ1n) is 6.95. The Kier molecular flexibility index (Phi) is 3.84. The van der Waals surface area contributed by atoms with E-state index in [-0.39, 0.29) is 23.8 Å². The van der Waals surface area contributed by atoms with E-state index >= 15 is 0 Å². The van der Waals surface area contributed by atoms with Gasteiger partial charge in [0.25, 0.3) is 5.56 Å². The Labute approximate surface area is 123 Å². The van der Waals surface area contributed by atoms with Gasteiger partial charge in [0.05, 0.1) is 5.60 Å². The summed E-state index contributed by atoms with van der Waals surface area (Å²) in [5.41, 5.74) is 4.88. The molecule has 0 aromatic carbocycles. The highest BCUT2D eigenvalue weighted by Crippen LogP contribution is 2.39. The van der Waals surface area contributed by atoms with Crippen LogP contribution in [0.2, 0.25) is 0 Å². The van der Waals surface area contributed by atoms with Crippen LogP contribution in [0.3, 0.4) is 0 Å². The molecule has 0 aliphatic carbocycles. The molecule has 0 radical (unpaired) electrons. The summed E-state index contributed by atoms with van der Waals surface area (Å²) in [6, 6.07) is 2.83. The molecule has 1 aliphatic rings. The van der Waals surface area contributed by atoms with Crippen LogP contribution in [0.5, 0.6) is 0 Å². The average molecular weight is 294 g/mol. The Morgan fingerprint density at radius 1 is 1.43 bits per heavy atom. The summed E-state index contributed by atoms with van der Waals surface area (Å²) in [6.07, 6.45) is 1.72. The van der Waals surface area contributed by atoms with Crippen molar-refractivity contribution in [1.82, 2.24) is 4.57 Å². The molecule has 1 aliphatic heterocycles. The second kappa shape index (κ2) is 5.18. The van der Waals surface area contributed by atoms with E-state index in [9.17, 15) is 9.59 Å². The predicted octanol–water partition coefficient (Wildman–Crippen LogP) is 1.32. The van der Waals surface area contributed by atoms with Gasteiger partial charge in [-0.2, -0.15) is 0 Å². The van der Waals surface area contributed by atoms with Crippen molar-refractivity contribution in [3.05, 3.63) is 28.7 Å². The van der Waals surface area contributed by atoms with Crippen molar-refractivity contribution in [3.8, 4) is 0 Å². The van der Waals surface area contributed by atoms with E-state index in [1.165, 1.54) is 22.9 Å². The zero-order chi connectivity index (χ0) is 15.8. The van der Waals surface area contributed by atoms with Crippen LogP contribution < -0.4 is 11.3 Å². The Morgan fingerprint density at radius 3 is 2.67 bits per heavy atom. The fourth-order valence-electron chi connectivity index (χ4n) is 2.70. The minimum atomic E-state index is -0.542. The molecule has 0 spiro atoms. The Bertz CT molecular complexity index is 604. The lowest BCUT2D eigenvalue weighted by molar-refractivity contribution is -0.159. The molecule has 1 saturated heterocycles. The van der Waals surface area contributed by atoms with Crippen LogP contribution in [0.1, 0.15) is 34.1 Å². The van der Waals surface area contributed by atoms with Gasteiger partial charge in [0.15, 0.2) is 0 Å². The van der Waals surface area contributed by atoms with Crippen molar-refractivity contribution >= 4 is 11.7 Å². The summed E-state index contributed by atoms with van der Waals surface area (Å²) in [4.78, 5) is 23.7. The first-order chi connectivity index (χ1) is 9.59. The molecule has 1 atom stereocenters. The number of esters is 1. The molecule has 2 N–H and O–H groups in total. The van der Waals surface area contributed by atoms with Gasteiger partial charge in [-0.25, -0.2) is 0 Å². The van der Waals surface area contributed by atoms with E-state index in [1.54, 1.807) is 0 Å². The molecule has 6 heteroatoms. The average Bonchev–Trinajstić information content (AvgIpc) is 2.51. The third kappa shape index (κ3) is 3.64. The van der Waals surface area contributed by atoms with Crippen LogP contribution in [0.4, 0.5) is 5.69 Å². The number of anilines is 1. The van der Waals surface area contributed by atoms with Crippen molar-refractivity contribution in [1.29, 1.82) is 0 Å². The zero-order valence-corrected chi connectivity index (χ0v) is 12.9. The maximum Gasteiger partial charge on any atom is 0.326 e. The minimum Gasteiger partial charge on any atom is -0.458 e. The monoisotopic (exact) mass is 294 g/mol. The maximum atomic E-state index is 12.1. The summed E-state index contributed by atoms with van der Waals surface area (Å²) < 4.78 is 12.6. The van der Waals surface area contributed by atoms with Crippen molar-refractivity contribution in [2.24, 2.45) is 0 Å². The first kappa shape index (κ1) is 15.6. The molecular formula is C15H22N2O4. The third-order valence-electron chi connectivity index (χ3n) is 3.57. The van der Waals surface area contributed by atoms with E-state index < -0.39 is 11.6 Å². The minimum absolute atomic E-state index is 0.156.